The lowest BCUT2D eigenvalue weighted by molar-refractivity contribution is 0.0694. The summed E-state index contributed by atoms with van der Waals surface area (Å²) in [5.41, 5.74) is 0.372. The van der Waals surface area contributed by atoms with Gasteiger partial charge in [0, 0.05) is 18.5 Å². The molecule has 1 N–H and O–H groups in total. The van der Waals surface area contributed by atoms with Crippen molar-refractivity contribution in [2.45, 2.75) is 31.7 Å². The Morgan fingerprint density at radius 1 is 1.56 bits per heavy atom. The zero-order valence-electron chi connectivity index (χ0n) is 9.03. The van der Waals surface area contributed by atoms with Crippen LogP contribution in [0.2, 0.25) is 0 Å². The van der Waals surface area contributed by atoms with Gasteiger partial charge in [-0.15, -0.1) is 11.6 Å². The Balaban J connectivity index is 2.13. The fourth-order valence-electron chi connectivity index (χ4n) is 2.06. The van der Waals surface area contributed by atoms with Gasteiger partial charge >= 0.3 is 0 Å². The standard InChI is InChI=1S/C10H15ClN4O/c11-6-8-4-2-1-3-5-15(8)10(16)9-7-12-14-13-9/h7-8H,1-6H2,(H,12,13,14). The van der Waals surface area contributed by atoms with E-state index in [1.165, 1.54) is 6.20 Å². The van der Waals surface area contributed by atoms with Crippen molar-refractivity contribution in [2.75, 3.05) is 12.4 Å². The number of carbonyl (C=O) groups excluding carboxylic acids is 1. The molecular formula is C10H15ClN4O. The SMILES string of the molecule is O=C(c1cn[nH]n1)N1CCCCCC1CCl. The molecular weight excluding hydrogens is 228 g/mol. The van der Waals surface area contributed by atoms with Crippen LogP contribution in [0.5, 0.6) is 0 Å². The fraction of sp³-hybridized carbons (Fsp3) is 0.700. The van der Waals surface area contributed by atoms with Crippen LogP contribution in [0.25, 0.3) is 0 Å². The number of aromatic amines is 1. The third-order valence-corrected chi connectivity index (χ3v) is 3.31. The Morgan fingerprint density at radius 3 is 3.12 bits per heavy atom. The molecule has 1 aromatic heterocycles. The van der Waals surface area contributed by atoms with Gasteiger partial charge in [0.1, 0.15) is 0 Å². The Kier molecular flexibility index (Phi) is 3.77. The molecule has 1 unspecified atom stereocenters. The minimum atomic E-state index is -0.0682. The molecule has 5 nitrogen and oxygen atoms in total. The second-order valence-electron chi connectivity index (χ2n) is 4.01. The molecule has 88 valence electrons. The first-order valence-electron chi connectivity index (χ1n) is 5.55. The number of halogens is 1. The van der Waals surface area contributed by atoms with E-state index in [1.54, 1.807) is 0 Å². The summed E-state index contributed by atoms with van der Waals surface area (Å²) in [6.45, 7) is 0.767. The van der Waals surface area contributed by atoms with E-state index in [4.69, 9.17) is 11.6 Å². The van der Waals surface area contributed by atoms with Gasteiger partial charge in [0.2, 0.25) is 0 Å². The van der Waals surface area contributed by atoms with E-state index in [0.717, 1.165) is 32.2 Å². The number of rotatable bonds is 2. The maximum absolute atomic E-state index is 12.1. The van der Waals surface area contributed by atoms with Crippen molar-refractivity contribution in [1.29, 1.82) is 0 Å². The highest BCUT2D eigenvalue weighted by atomic mass is 35.5. The van der Waals surface area contributed by atoms with Gasteiger partial charge in [-0.3, -0.25) is 4.79 Å². The van der Waals surface area contributed by atoms with Crippen LogP contribution < -0.4 is 0 Å². The summed E-state index contributed by atoms with van der Waals surface area (Å²) in [5, 5.41) is 9.93. The van der Waals surface area contributed by atoms with Gasteiger partial charge in [0.05, 0.1) is 6.20 Å². The predicted octanol–water partition coefficient (Wildman–Crippen LogP) is 1.43. The molecule has 6 heteroatoms. The van der Waals surface area contributed by atoms with Gasteiger partial charge < -0.3 is 4.90 Å². The lowest BCUT2D eigenvalue weighted by Crippen LogP contribution is -2.41. The molecule has 1 saturated heterocycles. The van der Waals surface area contributed by atoms with Crippen molar-refractivity contribution in [1.82, 2.24) is 20.3 Å². The lowest BCUT2D eigenvalue weighted by atomic mass is 10.1. The quantitative estimate of drug-likeness (QED) is 0.798. The lowest BCUT2D eigenvalue weighted by Gasteiger charge is -2.27. The van der Waals surface area contributed by atoms with Crippen molar-refractivity contribution in [3.05, 3.63) is 11.9 Å². The van der Waals surface area contributed by atoms with Crippen LogP contribution in [0.15, 0.2) is 6.20 Å². The zero-order valence-corrected chi connectivity index (χ0v) is 9.78. The molecule has 1 aliphatic heterocycles. The predicted molar refractivity (Wildman–Crippen MR) is 60.4 cm³/mol. The van der Waals surface area contributed by atoms with Gasteiger partial charge in [-0.25, -0.2) is 0 Å². The molecule has 2 rings (SSSR count). The highest BCUT2D eigenvalue weighted by molar-refractivity contribution is 6.18. The largest absolute Gasteiger partial charge is 0.333 e. The highest BCUT2D eigenvalue weighted by Crippen LogP contribution is 2.19. The fourth-order valence-corrected chi connectivity index (χ4v) is 2.38. The van der Waals surface area contributed by atoms with Crippen LogP contribution in [0.1, 0.15) is 36.2 Å². The first kappa shape index (κ1) is 11.4. The van der Waals surface area contributed by atoms with Gasteiger partial charge in [-0.2, -0.15) is 15.4 Å². The topological polar surface area (TPSA) is 61.9 Å². The van der Waals surface area contributed by atoms with E-state index >= 15 is 0 Å². The van der Waals surface area contributed by atoms with Crippen molar-refractivity contribution < 1.29 is 4.79 Å². The number of nitrogens with one attached hydrogen (secondary N) is 1. The minimum Gasteiger partial charge on any atom is -0.333 e. The number of H-pyrrole nitrogens is 1. The average Bonchev–Trinajstić information content (AvgIpc) is 2.73. The number of aromatic nitrogens is 3. The summed E-state index contributed by atoms with van der Waals surface area (Å²) in [6, 6.07) is 0.133. The van der Waals surface area contributed by atoms with Gasteiger partial charge in [0.25, 0.3) is 5.91 Å². The Hall–Kier alpha value is -1.10. The number of alkyl halides is 1. The molecule has 2 heterocycles. The maximum Gasteiger partial charge on any atom is 0.276 e. The first-order chi connectivity index (χ1) is 7.83. The number of amides is 1. The van der Waals surface area contributed by atoms with Gasteiger partial charge in [0.15, 0.2) is 5.69 Å². The summed E-state index contributed by atoms with van der Waals surface area (Å²) >= 11 is 5.92. The number of nitrogens with zero attached hydrogens (tertiary/aromatic N) is 3. The summed E-state index contributed by atoms with van der Waals surface area (Å²) in [7, 11) is 0. The Labute approximate surface area is 99.2 Å². The average molecular weight is 243 g/mol. The molecule has 16 heavy (non-hydrogen) atoms. The molecule has 1 amide bonds. The van der Waals surface area contributed by atoms with Crippen molar-refractivity contribution in [2.24, 2.45) is 0 Å². The van der Waals surface area contributed by atoms with E-state index in [9.17, 15) is 4.79 Å². The van der Waals surface area contributed by atoms with Crippen molar-refractivity contribution >= 4 is 17.5 Å². The van der Waals surface area contributed by atoms with Crippen LogP contribution in [0, 0.1) is 0 Å². The minimum absolute atomic E-state index is 0.0682. The molecule has 0 aromatic carbocycles. The van der Waals surface area contributed by atoms with Crippen LogP contribution in [0.4, 0.5) is 0 Å². The van der Waals surface area contributed by atoms with Crippen molar-refractivity contribution in [3.63, 3.8) is 0 Å². The normalized spacial score (nSPS) is 21.8. The molecule has 0 radical (unpaired) electrons. The number of likely N-dealkylation sites (tertiary alicyclic amines) is 1. The zero-order chi connectivity index (χ0) is 11.4. The third-order valence-electron chi connectivity index (χ3n) is 2.95. The smallest absolute Gasteiger partial charge is 0.276 e. The molecule has 0 aliphatic carbocycles. The van der Waals surface area contributed by atoms with Crippen LogP contribution in [-0.4, -0.2) is 44.7 Å². The Morgan fingerprint density at radius 2 is 2.44 bits per heavy atom. The van der Waals surface area contributed by atoms with Crippen LogP contribution >= 0.6 is 11.6 Å². The highest BCUT2D eigenvalue weighted by Gasteiger charge is 2.26. The summed E-state index contributed by atoms with van der Waals surface area (Å²) in [6.07, 6.45) is 5.78. The monoisotopic (exact) mass is 242 g/mol. The number of hydrogen-bond donors (Lipinski definition) is 1. The molecule has 1 aliphatic rings. The Bertz CT molecular complexity index is 341. The molecule has 0 bridgehead atoms. The molecule has 1 atom stereocenters. The second kappa shape index (κ2) is 5.30. The number of hydrogen-bond acceptors (Lipinski definition) is 3. The number of carbonyl (C=O) groups is 1. The van der Waals surface area contributed by atoms with E-state index in [-0.39, 0.29) is 11.9 Å². The third kappa shape index (κ3) is 2.35. The summed E-state index contributed by atoms with van der Waals surface area (Å²) < 4.78 is 0. The van der Waals surface area contributed by atoms with E-state index in [2.05, 4.69) is 15.4 Å². The summed E-state index contributed by atoms with van der Waals surface area (Å²) in [5.74, 6) is 0.421. The molecule has 1 fully saturated rings. The second-order valence-corrected chi connectivity index (χ2v) is 4.32. The van der Waals surface area contributed by atoms with E-state index < -0.39 is 0 Å². The van der Waals surface area contributed by atoms with Crippen LogP contribution in [-0.2, 0) is 0 Å². The van der Waals surface area contributed by atoms with E-state index in [1.807, 2.05) is 4.90 Å². The first-order valence-corrected chi connectivity index (χ1v) is 6.09. The van der Waals surface area contributed by atoms with Crippen molar-refractivity contribution in [3.8, 4) is 0 Å². The van der Waals surface area contributed by atoms with Gasteiger partial charge in [-0.05, 0) is 12.8 Å². The summed E-state index contributed by atoms with van der Waals surface area (Å²) in [4.78, 5) is 14.0. The maximum atomic E-state index is 12.1. The van der Waals surface area contributed by atoms with Crippen LogP contribution in [0.3, 0.4) is 0 Å². The molecule has 0 saturated carbocycles. The molecule has 0 spiro atoms. The van der Waals surface area contributed by atoms with E-state index in [0.29, 0.717) is 11.6 Å². The van der Waals surface area contributed by atoms with Gasteiger partial charge in [-0.1, -0.05) is 12.8 Å². The molecule has 1 aromatic rings.